The van der Waals surface area contributed by atoms with Crippen LogP contribution in [-0.2, 0) is 0 Å². The number of benzene rings is 1. The number of carbonyl (C=O) groups is 1. The molecule has 1 rings (SSSR count). The van der Waals surface area contributed by atoms with Crippen molar-refractivity contribution in [2.24, 2.45) is 5.41 Å². The summed E-state index contributed by atoms with van der Waals surface area (Å²) in [6.45, 7) is 7.54. The standard InChI is InChI=1S/C15H22N2O4/c1-10(18)8-15(3,4)9-16-14(19)12-6-5-7-13(11(12)2)17(20)21/h5-7,10,18H,8-9H2,1-4H3,(H,16,19). The van der Waals surface area contributed by atoms with Crippen molar-refractivity contribution in [2.75, 3.05) is 6.54 Å². The average molecular weight is 294 g/mol. The molecule has 0 spiro atoms. The third-order valence-electron chi connectivity index (χ3n) is 3.32. The van der Waals surface area contributed by atoms with Crippen LogP contribution in [0.1, 0.15) is 43.1 Å². The molecule has 0 fully saturated rings. The van der Waals surface area contributed by atoms with Gasteiger partial charge in [0, 0.05) is 23.7 Å². The van der Waals surface area contributed by atoms with Crippen LogP contribution in [0, 0.1) is 22.5 Å². The molecule has 116 valence electrons. The van der Waals surface area contributed by atoms with E-state index in [0.29, 0.717) is 24.1 Å². The number of amides is 1. The van der Waals surface area contributed by atoms with E-state index in [4.69, 9.17) is 0 Å². The molecule has 0 saturated heterocycles. The second-order valence-corrected chi connectivity index (χ2v) is 6.11. The topological polar surface area (TPSA) is 92.5 Å². The highest BCUT2D eigenvalue weighted by atomic mass is 16.6. The molecule has 1 aromatic rings. The van der Waals surface area contributed by atoms with Gasteiger partial charge in [0.1, 0.15) is 0 Å². The molecule has 0 bridgehead atoms. The van der Waals surface area contributed by atoms with Crippen molar-refractivity contribution in [2.45, 2.75) is 40.2 Å². The number of aliphatic hydroxyl groups is 1. The van der Waals surface area contributed by atoms with Crippen LogP contribution in [-0.4, -0.2) is 28.6 Å². The molecular weight excluding hydrogens is 272 g/mol. The number of rotatable bonds is 6. The zero-order valence-electron chi connectivity index (χ0n) is 12.8. The molecule has 0 aliphatic rings. The summed E-state index contributed by atoms with van der Waals surface area (Å²) in [4.78, 5) is 22.6. The Morgan fingerprint density at radius 1 is 1.48 bits per heavy atom. The summed E-state index contributed by atoms with van der Waals surface area (Å²) in [5, 5.41) is 23.1. The predicted molar refractivity (Wildman–Crippen MR) is 80.2 cm³/mol. The van der Waals surface area contributed by atoms with Crippen LogP contribution in [0.3, 0.4) is 0 Å². The largest absolute Gasteiger partial charge is 0.393 e. The van der Waals surface area contributed by atoms with Gasteiger partial charge >= 0.3 is 0 Å². The summed E-state index contributed by atoms with van der Waals surface area (Å²) in [7, 11) is 0. The lowest BCUT2D eigenvalue weighted by atomic mass is 9.87. The van der Waals surface area contributed by atoms with Gasteiger partial charge < -0.3 is 10.4 Å². The summed E-state index contributed by atoms with van der Waals surface area (Å²) in [5.41, 5.74) is 0.342. The van der Waals surface area contributed by atoms with Crippen LogP contribution in [0.15, 0.2) is 18.2 Å². The van der Waals surface area contributed by atoms with E-state index < -0.39 is 11.0 Å². The van der Waals surface area contributed by atoms with Gasteiger partial charge in [-0.15, -0.1) is 0 Å². The van der Waals surface area contributed by atoms with Crippen molar-refractivity contribution in [3.05, 3.63) is 39.4 Å². The first-order chi connectivity index (χ1) is 9.64. The van der Waals surface area contributed by atoms with Crippen LogP contribution in [0.2, 0.25) is 0 Å². The molecule has 1 amide bonds. The predicted octanol–water partition coefficient (Wildman–Crippen LogP) is 2.43. The average Bonchev–Trinajstić information content (AvgIpc) is 2.34. The number of hydrogen-bond acceptors (Lipinski definition) is 4. The highest BCUT2D eigenvalue weighted by Crippen LogP contribution is 2.23. The molecule has 1 atom stereocenters. The second kappa shape index (κ2) is 6.67. The Morgan fingerprint density at radius 3 is 2.62 bits per heavy atom. The molecule has 1 unspecified atom stereocenters. The van der Waals surface area contributed by atoms with Gasteiger partial charge in [0.2, 0.25) is 0 Å². The molecule has 0 aromatic heterocycles. The molecule has 0 heterocycles. The highest BCUT2D eigenvalue weighted by molar-refractivity contribution is 5.96. The van der Waals surface area contributed by atoms with Crippen LogP contribution < -0.4 is 5.32 Å². The summed E-state index contributed by atoms with van der Waals surface area (Å²) in [6, 6.07) is 4.45. The maximum Gasteiger partial charge on any atom is 0.273 e. The Kier molecular flexibility index (Phi) is 5.43. The molecule has 0 aliphatic heterocycles. The maximum absolute atomic E-state index is 12.2. The van der Waals surface area contributed by atoms with Gasteiger partial charge in [-0.25, -0.2) is 0 Å². The lowest BCUT2D eigenvalue weighted by Crippen LogP contribution is -2.36. The fourth-order valence-electron chi connectivity index (χ4n) is 2.35. The smallest absolute Gasteiger partial charge is 0.273 e. The van der Waals surface area contributed by atoms with Gasteiger partial charge in [0.05, 0.1) is 11.0 Å². The van der Waals surface area contributed by atoms with Gasteiger partial charge in [0.15, 0.2) is 0 Å². The highest BCUT2D eigenvalue weighted by Gasteiger charge is 2.23. The first-order valence-electron chi connectivity index (χ1n) is 6.84. The van der Waals surface area contributed by atoms with Gasteiger partial charge in [-0.2, -0.15) is 0 Å². The Labute approximate surface area is 124 Å². The van der Waals surface area contributed by atoms with Crippen molar-refractivity contribution in [3.63, 3.8) is 0 Å². The normalized spacial score (nSPS) is 12.8. The minimum Gasteiger partial charge on any atom is -0.393 e. The molecule has 0 aliphatic carbocycles. The number of nitro groups is 1. The molecule has 6 nitrogen and oxygen atoms in total. The number of carbonyl (C=O) groups excluding carboxylic acids is 1. The number of nitrogens with one attached hydrogen (secondary N) is 1. The van der Waals surface area contributed by atoms with E-state index in [2.05, 4.69) is 5.32 Å². The minimum absolute atomic E-state index is 0.0640. The molecule has 6 heteroatoms. The Hall–Kier alpha value is -1.95. The molecular formula is C15H22N2O4. The van der Waals surface area contributed by atoms with Gasteiger partial charge in [0.25, 0.3) is 11.6 Å². The number of nitro benzene ring substituents is 1. The van der Waals surface area contributed by atoms with E-state index in [1.54, 1.807) is 19.9 Å². The van der Waals surface area contributed by atoms with E-state index in [1.807, 2.05) is 13.8 Å². The Balaban J connectivity index is 2.82. The molecule has 21 heavy (non-hydrogen) atoms. The van der Waals surface area contributed by atoms with Crippen LogP contribution >= 0.6 is 0 Å². The molecule has 0 radical (unpaired) electrons. The monoisotopic (exact) mass is 294 g/mol. The summed E-state index contributed by atoms with van der Waals surface area (Å²) < 4.78 is 0. The first-order valence-corrected chi connectivity index (χ1v) is 6.84. The van der Waals surface area contributed by atoms with E-state index in [0.717, 1.165) is 0 Å². The Morgan fingerprint density at radius 2 is 2.10 bits per heavy atom. The SMILES string of the molecule is Cc1c(C(=O)NCC(C)(C)CC(C)O)cccc1[N+](=O)[O-]. The number of hydrogen-bond donors (Lipinski definition) is 2. The fourth-order valence-corrected chi connectivity index (χ4v) is 2.35. The fraction of sp³-hybridized carbons (Fsp3) is 0.533. The van der Waals surface area contributed by atoms with Crippen molar-refractivity contribution in [3.8, 4) is 0 Å². The van der Waals surface area contributed by atoms with Crippen molar-refractivity contribution in [1.82, 2.24) is 5.32 Å². The molecule has 0 saturated carbocycles. The quantitative estimate of drug-likeness (QED) is 0.622. The van der Waals surface area contributed by atoms with Gasteiger partial charge in [-0.1, -0.05) is 19.9 Å². The van der Waals surface area contributed by atoms with Crippen molar-refractivity contribution >= 4 is 11.6 Å². The van der Waals surface area contributed by atoms with Crippen LogP contribution in [0.5, 0.6) is 0 Å². The maximum atomic E-state index is 12.2. The van der Waals surface area contributed by atoms with Crippen LogP contribution in [0.25, 0.3) is 0 Å². The summed E-state index contributed by atoms with van der Waals surface area (Å²) >= 11 is 0. The first kappa shape index (κ1) is 17.1. The number of aliphatic hydroxyl groups excluding tert-OH is 1. The van der Waals surface area contributed by atoms with Crippen molar-refractivity contribution < 1.29 is 14.8 Å². The lowest BCUT2D eigenvalue weighted by Gasteiger charge is -2.26. The third kappa shape index (κ3) is 4.82. The van der Waals surface area contributed by atoms with Crippen molar-refractivity contribution in [1.29, 1.82) is 0 Å². The Bertz CT molecular complexity index is 538. The summed E-state index contributed by atoms with van der Waals surface area (Å²) in [6.07, 6.45) is 0.109. The second-order valence-electron chi connectivity index (χ2n) is 6.11. The lowest BCUT2D eigenvalue weighted by molar-refractivity contribution is -0.385. The van der Waals surface area contributed by atoms with E-state index >= 15 is 0 Å². The van der Waals surface area contributed by atoms with E-state index in [1.165, 1.54) is 12.1 Å². The number of nitrogens with zero attached hydrogens (tertiary/aromatic N) is 1. The molecule has 2 N–H and O–H groups in total. The van der Waals surface area contributed by atoms with E-state index in [9.17, 15) is 20.0 Å². The minimum atomic E-state index is -0.497. The third-order valence-corrected chi connectivity index (χ3v) is 3.32. The van der Waals surface area contributed by atoms with Crippen LogP contribution in [0.4, 0.5) is 5.69 Å². The zero-order valence-corrected chi connectivity index (χ0v) is 12.8. The summed E-state index contributed by atoms with van der Waals surface area (Å²) in [5.74, 6) is -0.338. The van der Waals surface area contributed by atoms with Gasteiger partial charge in [-0.3, -0.25) is 14.9 Å². The molecule has 1 aromatic carbocycles. The zero-order chi connectivity index (χ0) is 16.2. The van der Waals surface area contributed by atoms with Gasteiger partial charge in [-0.05, 0) is 31.7 Å². The van der Waals surface area contributed by atoms with E-state index in [-0.39, 0.29) is 17.0 Å².